The molecule has 0 amide bonds. The first-order valence-electron chi connectivity index (χ1n) is 4.37. The lowest BCUT2D eigenvalue weighted by atomic mass is 10.2. The first-order chi connectivity index (χ1) is 6.79. The maximum Gasteiger partial charge on any atom is 0.123 e. The lowest BCUT2D eigenvalue weighted by molar-refractivity contribution is 1.36. The molecule has 3 heteroatoms. The summed E-state index contributed by atoms with van der Waals surface area (Å²) >= 11 is 7.43. The number of hydrogen-bond acceptors (Lipinski definition) is 2. The molecule has 1 aromatic heterocycles. The van der Waals surface area contributed by atoms with E-state index in [1.165, 1.54) is 4.88 Å². The van der Waals surface area contributed by atoms with E-state index in [1.807, 2.05) is 18.3 Å². The summed E-state index contributed by atoms with van der Waals surface area (Å²) in [6, 6.07) is 8.21. The Balaban J connectivity index is 2.33. The summed E-state index contributed by atoms with van der Waals surface area (Å²) in [7, 11) is 0. The van der Waals surface area contributed by atoms with Crippen LogP contribution in [0.15, 0.2) is 30.5 Å². The van der Waals surface area contributed by atoms with Gasteiger partial charge in [0.2, 0.25) is 0 Å². The molecule has 14 heavy (non-hydrogen) atoms. The van der Waals surface area contributed by atoms with Gasteiger partial charge in [0.05, 0.1) is 0 Å². The average molecular weight is 224 g/mol. The smallest absolute Gasteiger partial charge is 0.123 e. The van der Waals surface area contributed by atoms with E-state index in [-0.39, 0.29) is 0 Å². The van der Waals surface area contributed by atoms with Gasteiger partial charge in [0.25, 0.3) is 0 Å². The zero-order chi connectivity index (χ0) is 9.97. The first-order valence-corrected chi connectivity index (χ1v) is 5.72. The summed E-state index contributed by atoms with van der Waals surface area (Å²) in [5.74, 6) is 0.567. The van der Waals surface area contributed by atoms with Crippen molar-refractivity contribution in [1.82, 2.24) is 4.98 Å². The van der Waals surface area contributed by atoms with Crippen LogP contribution in [-0.4, -0.2) is 4.98 Å². The van der Waals surface area contributed by atoms with Crippen LogP contribution in [0.3, 0.4) is 0 Å². The number of aromatic nitrogens is 1. The third kappa shape index (κ3) is 1.97. The normalized spacial score (nSPS) is 10.4. The Bertz CT molecular complexity index is 419. The lowest BCUT2D eigenvalue weighted by Crippen LogP contribution is -1.78. The fourth-order valence-electron chi connectivity index (χ4n) is 1.22. The van der Waals surface area contributed by atoms with Crippen LogP contribution in [0.1, 0.15) is 10.4 Å². The number of thiazole rings is 1. The van der Waals surface area contributed by atoms with Crippen molar-refractivity contribution in [2.75, 3.05) is 0 Å². The summed E-state index contributed by atoms with van der Waals surface area (Å²) < 4.78 is 0. The number of hydrogen-bond donors (Lipinski definition) is 0. The highest BCUT2D eigenvalue weighted by Gasteiger charge is 2.01. The molecule has 0 aliphatic carbocycles. The Morgan fingerprint density at radius 1 is 1.29 bits per heavy atom. The molecular weight excluding hydrogens is 214 g/mol. The number of nitrogens with zero attached hydrogens (tertiary/aromatic N) is 1. The van der Waals surface area contributed by atoms with Crippen LogP contribution < -0.4 is 0 Å². The van der Waals surface area contributed by atoms with Crippen molar-refractivity contribution in [2.24, 2.45) is 0 Å². The molecule has 0 unspecified atom stereocenters. The maximum atomic E-state index is 5.72. The topological polar surface area (TPSA) is 12.9 Å². The Kier molecular flexibility index (Phi) is 2.85. The van der Waals surface area contributed by atoms with Gasteiger partial charge in [-0.1, -0.05) is 24.3 Å². The Hall–Kier alpha value is -0.860. The van der Waals surface area contributed by atoms with Crippen molar-refractivity contribution < 1.29 is 0 Å². The molecule has 0 fully saturated rings. The number of rotatable bonds is 2. The van der Waals surface area contributed by atoms with E-state index in [1.54, 1.807) is 11.3 Å². The van der Waals surface area contributed by atoms with Crippen molar-refractivity contribution in [3.05, 3.63) is 40.9 Å². The third-order valence-electron chi connectivity index (χ3n) is 1.98. The second-order valence-electron chi connectivity index (χ2n) is 3.11. The molecule has 0 bridgehead atoms. The van der Waals surface area contributed by atoms with Gasteiger partial charge in [-0.3, -0.25) is 0 Å². The summed E-state index contributed by atoms with van der Waals surface area (Å²) in [4.78, 5) is 5.56. The molecule has 0 saturated carbocycles. The van der Waals surface area contributed by atoms with E-state index in [4.69, 9.17) is 11.6 Å². The van der Waals surface area contributed by atoms with Gasteiger partial charge in [-0.15, -0.1) is 22.9 Å². The van der Waals surface area contributed by atoms with Crippen molar-refractivity contribution in [2.45, 2.75) is 12.8 Å². The third-order valence-corrected chi connectivity index (χ3v) is 3.25. The maximum absolute atomic E-state index is 5.72. The van der Waals surface area contributed by atoms with Crippen molar-refractivity contribution in [3.63, 3.8) is 0 Å². The molecule has 1 nitrogen and oxygen atoms in total. The molecule has 72 valence electrons. The van der Waals surface area contributed by atoms with Gasteiger partial charge < -0.3 is 0 Å². The molecular formula is C11H10ClNS. The van der Waals surface area contributed by atoms with Gasteiger partial charge in [0.15, 0.2) is 0 Å². The van der Waals surface area contributed by atoms with Gasteiger partial charge >= 0.3 is 0 Å². The van der Waals surface area contributed by atoms with Gasteiger partial charge in [0.1, 0.15) is 5.01 Å². The number of alkyl halides is 1. The predicted molar refractivity (Wildman–Crippen MR) is 61.8 cm³/mol. The molecule has 0 aliphatic heterocycles. The molecule has 0 atom stereocenters. The number of aryl methyl sites for hydroxylation is 1. The van der Waals surface area contributed by atoms with Gasteiger partial charge in [-0.2, -0.15) is 0 Å². The molecule has 2 rings (SSSR count). The average Bonchev–Trinajstić information content (AvgIpc) is 2.65. The van der Waals surface area contributed by atoms with E-state index < -0.39 is 0 Å². The van der Waals surface area contributed by atoms with E-state index in [2.05, 4.69) is 24.0 Å². The summed E-state index contributed by atoms with van der Waals surface area (Å²) in [6.07, 6.45) is 1.90. The summed E-state index contributed by atoms with van der Waals surface area (Å²) in [5.41, 5.74) is 2.31. The van der Waals surface area contributed by atoms with Crippen LogP contribution in [0.25, 0.3) is 10.6 Å². The van der Waals surface area contributed by atoms with Gasteiger partial charge in [-0.05, 0) is 12.5 Å². The minimum absolute atomic E-state index is 0.567. The molecule has 1 aromatic carbocycles. The zero-order valence-corrected chi connectivity index (χ0v) is 9.40. The largest absolute Gasteiger partial charge is 0.244 e. The number of benzene rings is 1. The van der Waals surface area contributed by atoms with Crippen molar-refractivity contribution in [1.29, 1.82) is 0 Å². The summed E-state index contributed by atoms with van der Waals surface area (Å²) in [5, 5.41) is 1.07. The molecule has 0 radical (unpaired) electrons. The highest BCUT2D eigenvalue weighted by Crippen LogP contribution is 2.24. The molecule has 0 aliphatic rings. The highest BCUT2D eigenvalue weighted by molar-refractivity contribution is 7.14. The van der Waals surface area contributed by atoms with Crippen LogP contribution in [0.4, 0.5) is 0 Å². The Morgan fingerprint density at radius 2 is 2.00 bits per heavy atom. The Morgan fingerprint density at radius 3 is 2.50 bits per heavy atom. The molecule has 1 heterocycles. The monoisotopic (exact) mass is 223 g/mol. The van der Waals surface area contributed by atoms with E-state index in [9.17, 15) is 0 Å². The lowest BCUT2D eigenvalue weighted by Gasteiger charge is -1.97. The second-order valence-corrected chi connectivity index (χ2v) is 4.61. The SMILES string of the molecule is Cc1cnc(-c2ccc(CCl)cc2)s1. The molecule has 0 N–H and O–H groups in total. The Labute approximate surface area is 92.4 Å². The molecule has 2 aromatic rings. The van der Waals surface area contributed by atoms with Crippen molar-refractivity contribution >= 4 is 22.9 Å². The predicted octanol–water partition coefficient (Wildman–Crippen LogP) is 3.86. The van der Waals surface area contributed by atoms with E-state index in [0.717, 1.165) is 16.1 Å². The molecule has 0 spiro atoms. The zero-order valence-electron chi connectivity index (χ0n) is 7.83. The summed E-state index contributed by atoms with van der Waals surface area (Å²) in [6.45, 7) is 2.06. The van der Waals surface area contributed by atoms with Gasteiger partial charge in [0, 0.05) is 22.5 Å². The highest BCUT2D eigenvalue weighted by atomic mass is 35.5. The van der Waals surface area contributed by atoms with Crippen LogP contribution >= 0.6 is 22.9 Å². The second kappa shape index (κ2) is 4.11. The van der Waals surface area contributed by atoms with Crippen LogP contribution in [-0.2, 0) is 5.88 Å². The standard InChI is InChI=1S/C11H10ClNS/c1-8-7-13-11(14-8)10-4-2-9(6-12)3-5-10/h2-5,7H,6H2,1H3. The molecule has 0 saturated heterocycles. The van der Waals surface area contributed by atoms with E-state index >= 15 is 0 Å². The van der Waals surface area contributed by atoms with E-state index in [0.29, 0.717) is 5.88 Å². The number of halogens is 1. The fraction of sp³-hybridized carbons (Fsp3) is 0.182. The van der Waals surface area contributed by atoms with Gasteiger partial charge in [-0.25, -0.2) is 4.98 Å². The minimum Gasteiger partial charge on any atom is -0.244 e. The van der Waals surface area contributed by atoms with Crippen molar-refractivity contribution in [3.8, 4) is 10.6 Å². The van der Waals surface area contributed by atoms with Crippen LogP contribution in [0.2, 0.25) is 0 Å². The fourth-order valence-corrected chi connectivity index (χ4v) is 2.17. The first kappa shape index (κ1) is 9.69. The van der Waals surface area contributed by atoms with Crippen LogP contribution in [0, 0.1) is 6.92 Å². The minimum atomic E-state index is 0.567. The quantitative estimate of drug-likeness (QED) is 0.705. The van der Waals surface area contributed by atoms with Crippen LogP contribution in [0.5, 0.6) is 0 Å².